The number of nitrogens with zero attached hydrogens (tertiary/aromatic N) is 2. The van der Waals surface area contributed by atoms with Gasteiger partial charge in [-0.2, -0.15) is 0 Å². The van der Waals surface area contributed by atoms with Crippen LogP contribution in [0, 0.1) is 0 Å². The van der Waals surface area contributed by atoms with Gasteiger partial charge in [-0.05, 0) is 0 Å². The summed E-state index contributed by atoms with van der Waals surface area (Å²) in [5.41, 5.74) is 2.29. The Kier molecular flexibility index (Phi) is 7.43. The zero-order valence-electron chi connectivity index (χ0n) is 19.7. The Morgan fingerprint density at radius 3 is 1.32 bits per heavy atom. The van der Waals surface area contributed by atoms with Crippen molar-refractivity contribution < 1.29 is 16.6 Å². The number of allylic oxidation sites excluding steroid dienone is 8. The molecule has 0 amide bonds. The van der Waals surface area contributed by atoms with Crippen LogP contribution in [0.25, 0.3) is 11.4 Å². The number of benzene rings is 2. The zero-order valence-corrected chi connectivity index (χ0v) is 27.6. The second-order valence-corrected chi connectivity index (χ2v) is 18.3. The summed E-state index contributed by atoms with van der Waals surface area (Å²) in [7, 11) is 0. The van der Waals surface area contributed by atoms with E-state index in [1.807, 2.05) is 0 Å². The number of aromatic nitrogens is 2. The van der Waals surface area contributed by atoms with E-state index < -0.39 is 16.6 Å². The van der Waals surface area contributed by atoms with Crippen molar-refractivity contribution in [2.75, 3.05) is 0 Å². The van der Waals surface area contributed by atoms with Crippen LogP contribution in [0.2, 0.25) is 0 Å². The molecule has 0 unspecified atom stereocenters. The Morgan fingerprint density at radius 1 is 0.568 bits per heavy atom. The molecule has 4 aromatic rings. The van der Waals surface area contributed by atoms with Crippen LogP contribution in [0.5, 0.6) is 0 Å². The van der Waals surface area contributed by atoms with Crippen LogP contribution in [-0.2, 0) is 16.6 Å². The van der Waals surface area contributed by atoms with Gasteiger partial charge in [0.2, 0.25) is 0 Å². The van der Waals surface area contributed by atoms with Gasteiger partial charge in [-0.15, -0.1) is 0 Å². The van der Waals surface area contributed by atoms with Crippen LogP contribution in [0.3, 0.4) is 0 Å². The molecular formula is C30H22Br4N2Ti. The van der Waals surface area contributed by atoms with E-state index in [-0.39, 0.29) is 0 Å². The Morgan fingerprint density at radius 2 is 0.973 bits per heavy atom. The molecule has 0 saturated heterocycles. The quantitative estimate of drug-likeness (QED) is 0.173. The fourth-order valence-corrected chi connectivity index (χ4v) is 21.0. The first-order valence-electron chi connectivity index (χ1n) is 12.0. The van der Waals surface area contributed by atoms with Crippen LogP contribution in [0.15, 0.2) is 135 Å². The third-order valence-electron chi connectivity index (χ3n) is 7.16. The van der Waals surface area contributed by atoms with Crippen molar-refractivity contribution in [2.24, 2.45) is 0 Å². The van der Waals surface area contributed by atoms with Crippen molar-refractivity contribution in [1.29, 1.82) is 0 Å². The first-order chi connectivity index (χ1) is 18.0. The molecule has 2 aliphatic carbocycles. The topological polar surface area (TPSA) is 9.86 Å². The second-order valence-electron chi connectivity index (χ2n) is 9.09. The SMILES string of the molecule is Brc1ccc(-n2cccc2)c(Br)[c]1[Ti]([C]1=CC=CC1)([C]1=CC=CC1)[c]1c(Br)ccc(-n2cccc2)c1Br. The first kappa shape index (κ1) is 25.8. The van der Waals surface area contributed by atoms with E-state index in [2.05, 4.69) is 183 Å². The number of halogens is 4. The molecule has 0 bridgehead atoms. The van der Waals surface area contributed by atoms with E-state index in [1.54, 1.807) is 0 Å². The van der Waals surface area contributed by atoms with E-state index in [4.69, 9.17) is 0 Å². The van der Waals surface area contributed by atoms with E-state index in [0.717, 1.165) is 42.1 Å². The van der Waals surface area contributed by atoms with Crippen LogP contribution < -0.4 is 7.74 Å². The summed E-state index contributed by atoms with van der Waals surface area (Å²) in [5.74, 6) is 0. The summed E-state index contributed by atoms with van der Waals surface area (Å²) < 4.78 is 14.7. The Hall–Kier alpha value is -1.41. The maximum absolute atomic E-state index is 4.15. The van der Waals surface area contributed by atoms with E-state index in [1.165, 1.54) is 15.5 Å². The van der Waals surface area contributed by atoms with Gasteiger partial charge in [0.1, 0.15) is 0 Å². The number of rotatable bonds is 6. The molecule has 2 aromatic heterocycles. The standard InChI is InChI=1S/2C10H6Br2N.2C5H5.Ti/c2*11-8-3-4-10(9(12)7-8)13-5-1-2-6-13;2*1-2-4-5-3-1;/h2*1-6H;2*1-3H,4H2;. The van der Waals surface area contributed by atoms with Gasteiger partial charge in [0, 0.05) is 0 Å². The molecular weight excluding hydrogens is 756 g/mol. The van der Waals surface area contributed by atoms with Gasteiger partial charge in [-0.25, -0.2) is 0 Å². The fraction of sp³-hybridized carbons (Fsp3) is 0.0667. The van der Waals surface area contributed by atoms with Gasteiger partial charge in [0.05, 0.1) is 0 Å². The summed E-state index contributed by atoms with van der Waals surface area (Å²) in [5, 5.41) is 0. The molecule has 0 fully saturated rings. The average molecular weight is 778 g/mol. The summed E-state index contributed by atoms with van der Waals surface area (Å²) in [6.07, 6.45) is 24.2. The molecule has 0 spiro atoms. The van der Waals surface area contributed by atoms with Crippen molar-refractivity contribution in [1.82, 2.24) is 9.13 Å². The molecule has 7 heteroatoms. The first-order valence-corrected chi connectivity index (χ1v) is 18.3. The summed E-state index contributed by atoms with van der Waals surface area (Å²) in [4.78, 5) is 0. The molecule has 0 radical (unpaired) electrons. The van der Waals surface area contributed by atoms with Crippen LogP contribution in [-0.4, -0.2) is 9.13 Å². The molecule has 0 N–H and O–H groups in total. The Labute approximate surface area is 254 Å². The van der Waals surface area contributed by atoms with Crippen molar-refractivity contribution in [2.45, 2.75) is 12.8 Å². The third-order valence-corrected chi connectivity index (χ3v) is 20.5. The molecule has 2 aromatic carbocycles. The summed E-state index contributed by atoms with van der Waals surface area (Å²) in [6.45, 7) is 0. The van der Waals surface area contributed by atoms with Gasteiger partial charge in [-0.3, -0.25) is 0 Å². The predicted molar refractivity (Wildman–Crippen MR) is 165 cm³/mol. The van der Waals surface area contributed by atoms with E-state index >= 15 is 0 Å². The number of hydrogen-bond donors (Lipinski definition) is 0. The van der Waals surface area contributed by atoms with Gasteiger partial charge < -0.3 is 0 Å². The van der Waals surface area contributed by atoms with E-state index in [0.29, 0.717) is 0 Å². The summed E-state index contributed by atoms with van der Waals surface area (Å²) in [6, 6.07) is 17.1. The van der Waals surface area contributed by atoms with Gasteiger partial charge in [0.25, 0.3) is 0 Å². The average Bonchev–Trinajstić information content (AvgIpc) is 3.71. The third kappa shape index (κ3) is 4.29. The van der Waals surface area contributed by atoms with Crippen LogP contribution >= 0.6 is 63.7 Å². The van der Waals surface area contributed by atoms with Crippen molar-refractivity contribution >= 4 is 71.5 Å². The molecule has 2 nitrogen and oxygen atoms in total. The molecule has 2 aliphatic rings. The van der Waals surface area contributed by atoms with Crippen molar-refractivity contribution in [3.8, 4) is 11.4 Å². The molecule has 37 heavy (non-hydrogen) atoms. The number of hydrogen-bond acceptors (Lipinski definition) is 0. The molecule has 0 saturated carbocycles. The minimum absolute atomic E-state index is 0.955. The Bertz CT molecular complexity index is 1490. The Balaban J connectivity index is 1.76. The molecule has 0 atom stereocenters. The van der Waals surface area contributed by atoms with Gasteiger partial charge >= 0.3 is 257 Å². The van der Waals surface area contributed by atoms with Crippen molar-refractivity contribution in [3.05, 3.63) is 135 Å². The fourth-order valence-electron chi connectivity index (χ4n) is 5.58. The van der Waals surface area contributed by atoms with E-state index in [9.17, 15) is 0 Å². The second kappa shape index (κ2) is 10.6. The molecule has 184 valence electrons. The van der Waals surface area contributed by atoms with Gasteiger partial charge in [0.15, 0.2) is 0 Å². The molecule has 0 aliphatic heterocycles. The monoisotopic (exact) mass is 774 g/mol. The minimum atomic E-state index is -3.54. The van der Waals surface area contributed by atoms with Crippen molar-refractivity contribution in [3.63, 3.8) is 0 Å². The van der Waals surface area contributed by atoms with Crippen LogP contribution in [0.4, 0.5) is 0 Å². The molecule has 6 rings (SSSR count). The van der Waals surface area contributed by atoms with Crippen LogP contribution in [0.1, 0.15) is 12.8 Å². The normalized spacial score (nSPS) is 14.9. The molecule has 2 heterocycles. The zero-order chi connectivity index (χ0) is 25.6. The summed E-state index contributed by atoms with van der Waals surface area (Å²) >= 11 is 12.9. The predicted octanol–water partition coefficient (Wildman–Crippen LogP) is 9.11. The van der Waals surface area contributed by atoms with Gasteiger partial charge in [-0.1, -0.05) is 0 Å². The maximum atomic E-state index is 4.15.